The van der Waals surface area contributed by atoms with Crippen molar-refractivity contribution in [3.05, 3.63) is 64.6 Å². The fourth-order valence-corrected chi connectivity index (χ4v) is 5.50. The van der Waals surface area contributed by atoms with Crippen LogP contribution in [0.25, 0.3) is 10.9 Å². The smallest absolute Gasteiger partial charge is 0.308 e. The third-order valence-electron chi connectivity index (χ3n) is 7.60. The third kappa shape index (κ3) is 6.47. The largest absolute Gasteiger partial charge is 0.469 e. The number of hydrogen-bond donors (Lipinski definition) is 1. The minimum Gasteiger partial charge on any atom is -0.469 e. The van der Waals surface area contributed by atoms with Gasteiger partial charge < -0.3 is 24.3 Å². The number of anilines is 1. The first-order valence-electron chi connectivity index (χ1n) is 13.4. The second-order valence-corrected chi connectivity index (χ2v) is 10.6. The molecule has 0 unspecified atom stereocenters. The van der Waals surface area contributed by atoms with E-state index in [0.717, 1.165) is 17.0 Å². The van der Waals surface area contributed by atoms with Crippen LogP contribution in [0.2, 0.25) is 5.02 Å². The van der Waals surface area contributed by atoms with E-state index in [1.165, 1.54) is 18.1 Å². The predicted molar refractivity (Wildman–Crippen MR) is 152 cm³/mol. The second kappa shape index (κ2) is 12.8. The molecule has 0 spiro atoms. The molecule has 40 heavy (non-hydrogen) atoms. The summed E-state index contributed by atoms with van der Waals surface area (Å²) in [5.74, 6) is -1.69. The maximum Gasteiger partial charge on any atom is 0.308 e. The van der Waals surface area contributed by atoms with Crippen LogP contribution in [-0.2, 0) is 32.5 Å². The highest BCUT2D eigenvalue weighted by Crippen LogP contribution is 2.30. The van der Waals surface area contributed by atoms with Crippen LogP contribution in [0.3, 0.4) is 0 Å². The molecule has 1 saturated carbocycles. The molecule has 1 heterocycles. The standard InChI is InChI=1S/C30H35ClFN3O5/c1-5-28(40-20-12-10-18(11-13-20)30(38)39-4)35(3)27(36)15-19-14-23(31)25(16-24(19)32)33-29(37)22-17-34(2)26-9-7-6-8-21(22)26/h6-9,14,16-18,20,28H,5,10-13,15H2,1-4H3,(H,33,37)/t18?,20?,28-/m0/s1. The summed E-state index contributed by atoms with van der Waals surface area (Å²) in [5.41, 5.74) is 1.59. The summed E-state index contributed by atoms with van der Waals surface area (Å²) >= 11 is 6.41. The molecule has 10 heteroatoms. The number of carbonyl (C=O) groups is 3. The number of rotatable bonds is 9. The Hall–Kier alpha value is -3.43. The lowest BCUT2D eigenvalue weighted by molar-refractivity contribution is -0.155. The number of likely N-dealkylation sites (N-methyl/N-ethyl adjacent to an activating group) is 1. The number of amides is 2. The molecular weight excluding hydrogens is 537 g/mol. The number of fused-ring (bicyclic) bond motifs is 1. The molecule has 1 N–H and O–H groups in total. The van der Waals surface area contributed by atoms with Gasteiger partial charge in [-0.15, -0.1) is 0 Å². The highest BCUT2D eigenvalue weighted by molar-refractivity contribution is 6.34. The number of nitrogens with one attached hydrogen (secondary N) is 1. The molecule has 0 aliphatic heterocycles. The summed E-state index contributed by atoms with van der Waals surface area (Å²) in [6.45, 7) is 1.92. The van der Waals surface area contributed by atoms with Crippen LogP contribution < -0.4 is 5.32 Å². The predicted octanol–water partition coefficient (Wildman–Crippen LogP) is 5.71. The zero-order valence-corrected chi connectivity index (χ0v) is 24.0. The van der Waals surface area contributed by atoms with Crippen molar-refractivity contribution in [2.24, 2.45) is 13.0 Å². The fourth-order valence-electron chi connectivity index (χ4n) is 5.26. The minimum absolute atomic E-state index is 0.0723. The van der Waals surface area contributed by atoms with Gasteiger partial charge in [-0.1, -0.05) is 36.7 Å². The Kier molecular flexibility index (Phi) is 9.48. The van der Waals surface area contributed by atoms with Crippen LogP contribution in [0.1, 0.15) is 54.9 Å². The number of esters is 1. The molecule has 8 nitrogen and oxygen atoms in total. The number of hydrogen-bond acceptors (Lipinski definition) is 5. The number of carbonyl (C=O) groups excluding carboxylic acids is 3. The normalized spacial score (nSPS) is 17.9. The Morgan fingerprint density at radius 1 is 1.18 bits per heavy atom. The summed E-state index contributed by atoms with van der Waals surface area (Å²) < 4.78 is 28.0. The van der Waals surface area contributed by atoms with E-state index in [1.807, 2.05) is 42.8 Å². The van der Waals surface area contributed by atoms with Gasteiger partial charge in [-0.3, -0.25) is 14.4 Å². The number of ether oxygens (including phenoxy) is 2. The van der Waals surface area contributed by atoms with Crippen molar-refractivity contribution in [3.63, 3.8) is 0 Å². The minimum atomic E-state index is -0.644. The Morgan fingerprint density at radius 3 is 2.55 bits per heavy atom. The van der Waals surface area contributed by atoms with E-state index >= 15 is 4.39 Å². The van der Waals surface area contributed by atoms with Gasteiger partial charge in [0.1, 0.15) is 12.0 Å². The van der Waals surface area contributed by atoms with Gasteiger partial charge in [-0.05, 0) is 55.9 Å². The number of para-hydroxylation sites is 1. The van der Waals surface area contributed by atoms with E-state index in [4.69, 9.17) is 21.1 Å². The van der Waals surface area contributed by atoms with Crippen molar-refractivity contribution < 1.29 is 28.2 Å². The molecule has 0 radical (unpaired) electrons. The molecular formula is C30H35ClFN3O5. The number of nitrogens with zero attached hydrogens (tertiary/aromatic N) is 2. The number of aromatic nitrogens is 1. The lowest BCUT2D eigenvalue weighted by Gasteiger charge is -2.34. The molecule has 1 aliphatic carbocycles. The van der Waals surface area contributed by atoms with Gasteiger partial charge in [0.25, 0.3) is 5.91 Å². The van der Waals surface area contributed by atoms with Gasteiger partial charge in [0.05, 0.1) is 41.8 Å². The molecule has 4 rings (SSSR count). The number of halogens is 2. The lowest BCUT2D eigenvalue weighted by atomic mass is 9.87. The zero-order chi connectivity index (χ0) is 29.0. The summed E-state index contributed by atoms with van der Waals surface area (Å²) in [6, 6.07) is 10.0. The van der Waals surface area contributed by atoms with Crippen LogP contribution in [-0.4, -0.2) is 53.7 Å². The van der Waals surface area contributed by atoms with Crippen LogP contribution in [0.15, 0.2) is 42.6 Å². The van der Waals surface area contributed by atoms with Gasteiger partial charge in [-0.25, -0.2) is 4.39 Å². The third-order valence-corrected chi connectivity index (χ3v) is 7.91. The van der Waals surface area contributed by atoms with Gasteiger partial charge >= 0.3 is 5.97 Å². The second-order valence-electron chi connectivity index (χ2n) is 10.2. The highest BCUT2D eigenvalue weighted by Gasteiger charge is 2.30. The fraction of sp³-hybridized carbons (Fsp3) is 0.433. The molecule has 1 fully saturated rings. The van der Waals surface area contributed by atoms with Crippen molar-refractivity contribution in [2.45, 2.75) is 57.8 Å². The molecule has 1 aromatic heterocycles. The molecule has 0 saturated heterocycles. The first-order chi connectivity index (χ1) is 19.1. The van der Waals surface area contributed by atoms with Crippen LogP contribution >= 0.6 is 11.6 Å². The van der Waals surface area contributed by atoms with E-state index in [2.05, 4.69) is 5.32 Å². The van der Waals surface area contributed by atoms with Gasteiger partial charge in [-0.2, -0.15) is 0 Å². The topological polar surface area (TPSA) is 89.9 Å². The van der Waals surface area contributed by atoms with E-state index in [0.29, 0.717) is 37.7 Å². The molecule has 3 aromatic rings. The summed E-state index contributed by atoms with van der Waals surface area (Å²) in [4.78, 5) is 39.3. The van der Waals surface area contributed by atoms with Crippen LogP contribution in [0, 0.1) is 11.7 Å². The van der Waals surface area contributed by atoms with Gasteiger partial charge in [0.2, 0.25) is 5.91 Å². The van der Waals surface area contributed by atoms with Crippen molar-refractivity contribution in [2.75, 3.05) is 19.5 Å². The van der Waals surface area contributed by atoms with Crippen molar-refractivity contribution in [1.29, 1.82) is 0 Å². The van der Waals surface area contributed by atoms with Gasteiger partial charge in [0.15, 0.2) is 0 Å². The maximum absolute atomic E-state index is 15.1. The van der Waals surface area contributed by atoms with E-state index in [1.54, 1.807) is 13.2 Å². The number of methoxy groups -OCH3 is 1. The first kappa shape index (κ1) is 29.6. The number of benzene rings is 2. The SMILES string of the molecule is CC[C@H](OC1CCC(C(=O)OC)CC1)N(C)C(=O)Cc1cc(Cl)c(NC(=O)c2cn(C)c3ccccc23)cc1F. The lowest BCUT2D eigenvalue weighted by Crippen LogP contribution is -2.42. The van der Waals surface area contributed by atoms with Crippen LogP contribution in [0.5, 0.6) is 0 Å². The molecule has 1 atom stereocenters. The summed E-state index contributed by atoms with van der Waals surface area (Å²) in [7, 11) is 4.87. The van der Waals surface area contributed by atoms with E-state index < -0.39 is 18.0 Å². The van der Waals surface area contributed by atoms with E-state index in [9.17, 15) is 14.4 Å². The summed E-state index contributed by atoms with van der Waals surface area (Å²) in [5, 5.41) is 3.60. The molecule has 214 valence electrons. The molecule has 2 amide bonds. The van der Waals surface area contributed by atoms with Crippen LogP contribution in [0.4, 0.5) is 10.1 Å². The molecule has 2 aromatic carbocycles. The van der Waals surface area contributed by atoms with Crippen molar-refractivity contribution in [3.8, 4) is 0 Å². The zero-order valence-electron chi connectivity index (χ0n) is 23.2. The van der Waals surface area contributed by atoms with E-state index in [-0.39, 0.29) is 46.6 Å². The monoisotopic (exact) mass is 571 g/mol. The average Bonchev–Trinajstić information content (AvgIpc) is 3.30. The average molecular weight is 572 g/mol. The maximum atomic E-state index is 15.1. The Labute approximate surface area is 238 Å². The Bertz CT molecular complexity index is 1400. The first-order valence-corrected chi connectivity index (χ1v) is 13.8. The summed E-state index contributed by atoms with van der Waals surface area (Å²) in [6.07, 6.45) is 4.27. The quantitative estimate of drug-likeness (QED) is 0.262. The molecule has 1 aliphatic rings. The highest BCUT2D eigenvalue weighted by atomic mass is 35.5. The van der Waals surface area contributed by atoms with Crippen molar-refractivity contribution in [1.82, 2.24) is 9.47 Å². The molecule has 0 bridgehead atoms. The Balaban J connectivity index is 1.39. The Morgan fingerprint density at radius 2 is 1.88 bits per heavy atom. The number of aryl methyl sites for hydroxylation is 1. The van der Waals surface area contributed by atoms with Crippen molar-refractivity contribution >= 4 is 46.0 Å². The van der Waals surface area contributed by atoms with Gasteiger partial charge in [0, 0.05) is 31.2 Å².